The number of hydrogen-bond acceptors (Lipinski definition) is 3. The Hall–Kier alpha value is -1.98. The molecule has 15 heavy (non-hydrogen) atoms. The minimum absolute atomic E-state index is 0.179. The van der Waals surface area contributed by atoms with Crippen LogP contribution in [-0.4, -0.2) is 35.3 Å². The van der Waals surface area contributed by atoms with Gasteiger partial charge >= 0.3 is 0 Å². The Kier molecular flexibility index (Phi) is 3.33. The minimum Gasteiger partial charge on any atom is -0.368 e. The summed E-state index contributed by atoms with van der Waals surface area (Å²) in [6, 6.07) is 2.73. The number of hydrogen-bond donors (Lipinski definition) is 1. The van der Waals surface area contributed by atoms with Crippen LogP contribution >= 0.6 is 0 Å². The summed E-state index contributed by atoms with van der Waals surface area (Å²) in [4.78, 5) is 26.5. The monoisotopic (exact) mass is 211 g/mol. The number of aromatic nitrogens is 1. The number of pyridine rings is 1. The normalized spacial score (nSPS) is 9.73. The van der Waals surface area contributed by atoms with E-state index in [0.29, 0.717) is 0 Å². The van der Waals surface area contributed by atoms with Gasteiger partial charge in [-0.15, -0.1) is 0 Å². The van der Waals surface area contributed by atoms with Crippen LogP contribution in [0.4, 0.5) is 4.39 Å². The molecule has 0 fully saturated rings. The Morgan fingerprint density at radius 2 is 2.27 bits per heavy atom. The maximum absolute atomic E-state index is 13.1. The first kappa shape index (κ1) is 11.1. The molecule has 0 saturated carbocycles. The van der Waals surface area contributed by atoms with Gasteiger partial charge in [-0.3, -0.25) is 9.59 Å². The Morgan fingerprint density at radius 3 is 2.80 bits per heavy atom. The number of halogens is 1. The number of primary amides is 1. The number of nitrogens with two attached hydrogens (primary N) is 1. The highest BCUT2D eigenvalue weighted by Gasteiger charge is 2.17. The molecule has 1 aromatic rings. The first-order valence-corrected chi connectivity index (χ1v) is 4.16. The summed E-state index contributed by atoms with van der Waals surface area (Å²) >= 11 is 0. The molecule has 0 unspecified atom stereocenters. The number of carbonyl (C=O) groups is 2. The Bertz CT molecular complexity index is 395. The maximum atomic E-state index is 13.1. The molecule has 2 amide bonds. The van der Waals surface area contributed by atoms with Gasteiger partial charge in [0.1, 0.15) is 0 Å². The van der Waals surface area contributed by atoms with Crippen LogP contribution in [0.15, 0.2) is 18.3 Å². The van der Waals surface area contributed by atoms with Gasteiger partial charge in [-0.05, 0) is 12.1 Å². The van der Waals surface area contributed by atoms with Crippen LogP contribution in [0.2, 0.25) is 0 Å². The van der Waals surface area contributed by atoms with Gasteiger partial charge in [-0.25, -0.2) is 4.98 Å². The van der Waals surface area contributed by atoms with Crippen LogP contribution in [-0.2, 0) is 4.79 Å². The van der Waals surface area contributed by atoms with Crippen molar-refractivity contribution in [3.8, 4) is 0 Å². The van der Waals surface area contributed by atoms with E-state index in [0.717, 1.165) is 4.90 Å². The van der Waals surface area contributed by atoms with Gasteiger partial charge in [-0.1, -0.05) is 0 Å². The lowest BCUT2D eigenvalue weighted by Crippen LogP contribution is -2.35. The molecule has 0 radical (unpaired) electrons. The van der Waals surface area contributed by atoms with Crippen LogP contribution in [0, 0.1) is 5.95 Å². The van der Waals surface area contributed by atoms with Gasteiger partial charge in [0.2, 0.25) is 11.9 Å². The number of amides is 2. The lowest BCUT2D eigenvalue weighted by Gasteiger charge is -2.14. The topological polar surface area (TPSA) is 76.3 Å². The highest BCUT2D eigenvalue weighted by Crippen LogP contribution is 2.05. The highest BCUT2D eigenvalue weighted by atomic mass is 19.1. The van der Waals surface area contributed by atoms with Crippen molar-refractivity contribution in [2.24, 2.45) is 5.73 Å². The second kappa shape index (κ2) is 4.50. The summed E-state index contributed by atoms with van der Waals surface area (Å²) in [5, 5.41) is 0. The Balaban J connectivity index is 2.85. The largest absolute Gasteiger partial charge is 0.368 e. The van der Waals surface area contributed by atoms with Crippen molar-refractivity contribution >= 4 is 11.8 Å². The van der Waals surface area contributed by atoms with Crippen LogP contribution in [0.3, 0.4) is 0 Å². The van der Waals surface area contributed by atoms with Gasteiger partial charge in [0.15, 0.2) is 0 Å². The molecule has 2 N–H and O–H groups in total. The van der Waals surface area contributed by atoms with E-state index in [-0.39, 0.29) is 12.1 Å². The molecule has 0 bridgehead atoms. The van der Waals surface area contributed by atoms with Crippen LogP contribution < -0.4 is 5.73 Å². The second-order valence-electron chi connectivity index (χ2n) is 2.97. The van der Waals surface area contributed by atoms with Crippen molar-refractivity contribution in [1.29, 1.82) is 0 Å². The Labute approximate surface area is 85.7 Å². The van der Waals surface area contributed by atoms with Gasteiger partial charge in [0.25, 0.3) is 5.91 Å². The molecule has 0 saturated heterocycles. The van der Waals surface area contributed by atoms with E-state index in [4.69, 9.17) is 5.73 Å². The minimum atomic E-state index is -0.862. The zero-order chi connectivity index (χ0) is 11.4. The van der Waals surface area contributed by atoms with Crippen LogP contribution in [0.25, 0.3) is 0 Å². The molecule has 0 aliphatic rings. The summed E-state index contributed by atoms with van der Waals surface area (Å²) in [7, 11) is 1.36. The molecule has 1 aromatic heterocycles. The van der Waals surface area contributed by atoms with Crippen molar-refractivity contribution in [1.82, 2.24) is 9.88 Å². The van der Waals surface area contributed by atoms with Crippen molar-refractivity contribution in [2.75, 3.05) is 13.6 Å². The third-order valence-corrected chi connectivity index (χ3v) is 1.73. The average molecular weight is 211 g/mol. The fourth-order valence-electron chi connectivity index (χ4n) is 1.06. The lowest BCUT2D eigenvalue weighted by molar-refractivity contribution is -0.118. The summed E-state index contributed by atoms with van der Waals surface area (Å²) < 4.78 is 13.1. The van der Waals surface area contributed by atoms with Gasteiger partial charge in [0.05, 0.1) is 12.1 Å². The lowest BCUT2D eigenvalue weighted by atomic mass is 10.2. The van der Waals surface area contributed by atoms with E-state index in [2.05, 4.69) is 4.98 Å². The van der Waals surface area contributed by atoms with E-state index < -0.39 is 17.8 Å². The maximum Gasteiger partial charge on any atom is 0.258 e. The molecule has 0 aromatic carbocycles. The molecular weight excluding hydrogens is 201 g/mol. The highest BCUT2D eigenvalue weighted by molar-refractivity contribution is 5.96. The van der Waals surface area contributed by atoms with Gasteiger partial charge < -0.3 is 10.6 Å². The molecule has 0 aliphatic carbocycles. The Morgan fingerprint density at radius 1 is 1.60 bits per heavy atom. The summed E-state index contributed by atoms with van der Waals surface area (Å²) in [6.07, 6.45) is 1.24. The zero-order valence-corrected chi connectivity index (χ0v) is 8.11. The van der Waals surface area contributed by atoms with E-state index in [1.165, 1.54) is 25.4 Å². The molecule has 80 valence electrons. The molecule has 5 nitrogen and oxygen atoms in total. The predicted octanol–water partition coefficient (Wildman–Crippen LogP) is -0.222. The first-order valence-electron chi connectivity index (χ1n) is 4.16. The van der Waals surface area contributed by atoms with Crippen molar-refractivity contribution < 1.29 is 14.0 Å². The molecular formula is C9H10FN3O2. The predicted molar refractivity (Wildman–Crippen MR) is 50.3 cm³/mol. The van der Waals surface area contributed by atoms with E-state index >= 15 is 0 Å². The fourth-order valence-corrected chi connectivity index (χ4v) is 1.06. The third-order valence-electron chi connectivity index (χ3n) is 1.73. The number of carbonyl (C=O) groups excluding carboxylic acids is 2. The number of likely N-dealkylation sites (N-methyl/N-ethyl adjacent to an activating group) is 1. The van der Waals surface area contributed by atoms with Gasteiger partial charge in [-0.2, -0.15) is 4.39 Å². The quantitative estimate of drug-likeness (QED) is 0.702. The molecule has 0 aliphatic heterocycles. The first-order chi connectivity index (χ1) is 7.02. The fraction of sp³-hybridized carbons (Fsp3) is 0.222. The van der Waals surface area contributed by atoms with E-state index in [1.54, 1.807) is 0 Å². The van der Waals surface area contributed by atoms with E-state index in [9.17, 15) is 14.0 Å². The summed E-state index contributed by atoms with van der Waals surface area (Å²) in [6.45, 7) is -0.257. The SMILES string of the molecule is CN(CC(N)=O)C(=O)c1cccnc1F. The zero-order valence-electron chi connectivity index (χ0n) is 8.11. The van der Waals surface area contributed by atoms with E-state index in [1.807, 2.05) is 0 Å². The van der Waals surface area contributed by atoms with Crippen LogP contribution in [0.5, 0.6) is 0 Å². The van der Waals surface area contributed by atoms with Gasteiger partial charge in [0, 0.05) is 13.2 Å². The second-order valence-corrected chi connectivity index (χ2v) is 2.97. The third kappa shape index (κ3) is 2.73. The number of nitrogens with zero attached hydrogens (tertiary/aromatic N) is 2. The number of rotatable bonds is 3. The summed E-state index contributed by atoms with van der Waals surface area (Å²) in [5.41, 5.74) is 4.73. The molecule has 1 rings (SSSR count). The molecule has 0 spiro atoms. The van der Waals surface area contributed by atoms with Crippen LogP contribution in [0.1, 0.15) is 10.4 Å². The molecule has 1 heterocycles. The summed E-state index contributed by atoms with van der Waals surface area (Å²) in [5.74, 6) is -2.15. The van der Waals surface area contributed by atoms with Crippen molar-refractivity contribution in [3.63, 3.8) is 0 Å². The molecule has 0 atom stereocenters. The standard InChI is InChI=1S/C9H10FN3O2/c1-13(5-7(11)14)9(15)6-3-2-4-12-8(6)10/h2-4H,5H2,1H3,(H2,11,14). The van der Waals surface area contributed by atoms with Crippen molar-refractivity contribution in [3.05, 3.63) is 29.8 Å². The van der Waals surface area contributed by atoms with Crippen molar-refractivity contribution in [2.45, 2.75) is 0 Å². The smallest absolute Gasteiger partial charge is 0.258 e. The molecule has 6 heteroatoms. The average Bonchev–Trinajstić information content (AvgIpc) is 2.16.